The first-order valence-electron chi connectivity index (χ1n) is 11.9. The second-order valence-electron chi connectivity index (χ2n) is 8.96. The van der Waals surface area contributed by atoms with Crippen molar-refractivity contribution in [3.05, 3.63) is 59.7 Å². The summed E-state index contributed by atoms with van der Waals surface area (Å²) in [5, 5.41) is 9.32. The van der Waals surface area contributed by atoms with Crippen LogP contribution >= 0.6 is 0 Å². The number of hydrogen-bond acceptors (Lipinski definition) is 5. The van der Waals surface area contributed by atoms with E-state index >= 15 is 0 Å². The number of carbonyl (C=O) groups excluding carboxylic acids is 1. The molecule has 2 saturated heterocycles. The molecule has 0 bridgehead atoms. The molecule has 0 N–H and O–H groups in total. The molecule has 2 aromatic carbocycles. The summed E-state index contributed by atoms with van der Waals surface area (Å²) in [6.45, 7) is 1.28. The van der Waals surface area contributed by atoms with Crippen molar-refractivity contribution in [3.8, 4) is 11.8 Å². The number of amides is 1. The Kier molecular flexibility index (Phi) is 7.54. The molecule has 2 aliphatic rings. The highest BCUT2D eigenvalue weighted by Crippen LogP contribution is 2.34. The zero-order valence-corrected chi connectivity index (χ0v) is 20.3. The van der Waals surface area contributed by atoms with Crippen molar-refractivity contribution < 1.29 is 17.9 Å². The van der Waals surface area contributed by atoms with Crippen LogP contribution in [0.3, 0.4) is 0 Å². The smallest absolute Gasteiger partial charge is 0.244 e. The second-order valence-corrected chi connectivity index (χ2v) is 10.9. The first kappa shape index (κ1) is 24.2. The lowest BCUT2D eigenvalue weighted by atomic mass is 9.94. The van der Waals surface area contributed by atoms with E-state index in [4.69, 9.17) is 4.74 Å². The molecule has 180 valence electrons. The second kappa shape index (κ2) is 10.6. The minimum absolute atomic E-state index is 0.0326. The predicted octanol–water partition coefficient (Wildman–Crippen LogP) is 4.11. The number of hydrogen-bond donors (Lipinski definition) is 0. The highest BCUT2D eigenvalue weighted by Gasteiger charge is 2.37. The van der Waals surface area contributed by atoms with Crippen LogP contribution in [-0.2, 0) is 14.8 Å². The van der Waals surface area contributed by atoms with Gasteiger partial charge in [0.15, 0.2) is 0 Å². The maximum atomic E-state index is 13.6. The average Bonchev–Trinajstić information content (AvgIpc) is 3.14. The van der Waals surface area contributed by atoms with E-state index in [1.54, 1.807) is 19.2 Å². The summed E-state index contributed by atoms with van der Waals surface area (Å²) in [5.41, 5.74) is 1.26. The van der Waals surface area contributed by atoms with Crippen molar-refractivity contribution in [1.82, 2.24) is 9.21 Å². The van der Waals surface area contributed by atoms with E-state index in [-0.39, 0.29) is 41.4 Å². The molecule has 7 nitrogen and oxygen atoms in total. The molecule has 0 aromatic heterocycles. The van der Waals surface area contributed by atoms with Crippen molar-refractivity contribution >= 4 is 15.9 Å². The van der Waals surface area contributed by atoms with Gasteiger partial charge >= 0.3 is 0 Å². The minimum atomic E-state index is -3.77. The molecule has 8 heteroatoms. The number of carbonyl (C=O) groups is 1. The van der Waals surface area contributed by atoms with E-state index in [1.807, 2.05) is 35.2 Å². The fourth-order valence-electron chi connectivity index (χ4n) is 5.05. The van der Waals surface area contributed by atoms with Gasteiger partial charge in [-0.25, -0.2) is 8.42 Å². The Morgan fingerprint density at radius 1 is 0.971 bits per heavy atom. The Morgan fingerprint density at radius 2 is 1.68 bits per heavy atom. The predicted molar refractivity (Wildman–Crippen MR) is 129 cm³/mol. The fourth-order valence-corrected chi connectivity index (χ4v) is 6.66. The van der Waals surface area contributed by atoms with Crippen LogP contribution in [0, 0.1) is 17.2 Å². The molecule has 2 heterocycles. The number of rotatable bonds is 5. The first-order valence-corrected chi connectivity index (χ1v) is 13.3. The van der Waals surface area contributed by atoms with Crippen LogP contribution in [0.5, 0.6) is 5.75 Å². The lowest BCUT2D eigenvalue weighted by Gasteiger charge is -2.37. The summed E-state index contributed by atoms with van der Waals surface area (Å²) in [6.07, 6.45) is 5.06. The number of sulfonamides is 1. The Balaban J connectivity index is 1.47. The Labute approximate surface area is 202 Å². The molecule has 0 spiro atoms. The summed E-state index contributed by atoms with van der Waals surface area (Å²) in [4.78, 5) is 15.7. The highest BCUT2D eigenvalue weighted by molar-refractivity contribution is 7.89. The highest BCUT2D eigenvalue weighted by atomic mass is 32.2. The quantitative estimate of drug-likeness (QED) is 0.641. The van der Waals surface area contributed by atoms with Gasteiger partial charge in [-0.1, -0.05) is 37.1 Å². The van der Waals surface area contributed by atoms with Crippen LogP contribution in [0.2, 0.25) is 0 Å². The van der Waals surface area contributed by atoms with E-state index in [0.29, 0.717) is 12.8 Å². The number of ether oxygens (including phenoxy) is 1. The van der Waals surface area contributed by atoms with Crippen LogP contribution in [-0.4, -0.2) is 50.3 Å². The van der Waals surface area contributed by atoms with Gasteiger partial charge < -0.3 is 9.64 Å². The molecular weight excluding hydrogens is 450 g/mol. The molecule has 0 aliphatic carbocycles. The zero-order valence-electron chi connectivity index (χ0n) is 19.5. The van der Waals surface area contributed by atoms with Crippen molar-refractivity contribution in [2.24, 2.45) is 5.92 Å². The van der Waals surface area contributed by atoms with Gasteiger partial charge in [0, 0.05) is 25.6 Å². The van der Waals surface area contributed by atoms with Crippen LogP contribution in [0.25, 0.3) is 0 Å². The van der Waals surface area contributed by atoms with Crippen LogP contribution in [0.1, 0.15) is 55.7 Å². The van der Waals surface area contributed by atoms with E-state index in [1.165, 1.54) is 16.4 Å². The number of methoxy groups -OCH3 is 1. The van der Waals surface area contributed by atoms with Crippen molar-refractivity contribution in [2.75, 3.05) is 26.7 Å². The number of nitrogens with zero attached hydrogens (tertiary/aromatic N) is 3. The molecule has 1 amide bonds. The maximum Gasteiger partial charge on any atom is 0.244 e. The first-order chi connectivity index (χ1) is 16.5. The van der Waals surface area contributed by atoms with Crippen LogP contribution in [0.4, 0.5) is 0 Å². The third-order valence-corrected chi connectivity index (χ3v) is 8.92. The molecule has 34 heavy (non-hydrogen) atoms. The number of benzene rings is 2. The number of nitriles is 1. The molecule has 2 aromatic rings. The molecule has 2 aliphatic heterocycles. The van der Waals surface area contributed by atoms with Gasteiger partial charge in [-0.05, 0) is 55.5 Å². The molecule has 1 atom stereocenters. The zero-order chi connectivity index (χ0) is 24.1. The van der Waals surface area contributed by atoms with E-state index in [9.17, 15) is 18.5 Å². The van der Waals surface area contributed by atoms with Gasteiger partial charge in [0.05, 0.1) is 23.6 Å². The molecule has 0 saturated carbocycles. The summed E-state index contributed by atoms with van der Waals surface area (Å²) in [5.74, 6) is 0.718. The minimum Gasteiger partial charge on any atom is -0.497 e. The van der Waals surface area contributed by atoms with E-state index in [2.05, 4.69) is 0 Å². The lowest BCUT2D eigenvalue weighted by molar-refractivity contribution is -0.139. The van der Waals surface area contributed by atoms with Crippen molar-refractivity contribution in [3.63, 3.8) is 0 Å². The Morgan fingerprint density at radius 3 is 2.35 bits per heavy atom. The summed E-state index contributed by atoms with van der Waals surface area (Å²) < 4.78 is 33.0. The molecule has 2 fully saturated rings. The molecule has 0 radical (unpaired) electrons. The van der Waals surface area contributed by atoms with Gasteiger partial charge in [0.1, 0.15) is 11.8 Å². The van der Waals surface area contributed by atoms with Crippen LogP contribution in [0.15, 0.2) is 53.4 Å². The summed E-state index contributed by atoms with van der Waals surface area (Å²) in [7, 11) is -2.13. The average molecular weight is 482 g/mol. The fraction of sp³-hybridized carbons (Fsp3) is 0.462. The topological polar surface area (TPSA) is 90.7 Å². The van der Waals surface area contributed by atoms with Gasteiger partial charge in [0.25, 0.3) is 0 Å². The van der Waals surface area contributed by atoms with Crippen molar-refractivity contribution in [1.29, 1.82) is 5.26 Å². The third-order valence-electron chi connectivity index (χ3n) is 6.96. The lowest BCUT2D eigenvalue weighted by Crippen LogP contribution is -2.45. The number of piperidine rings is 1. The third kappa shape index (κ3) is 4.96. The maximum absolute atomic E-state index is 13.6. The summed E-state index contributed by atoms with van der Waals surface area (Å²) in [6, 6.07) is 16.2. The van der Waals surface area contributed by atoms with E-state index < -0.39 is 10.0 Å². The largest absolute Gasteiger partial charge is 0.497 e. The Bertz CT molecular complexity index is 1150. The van der Waals surface area contributed by atoms with Gasteiger partial charge in [0.2, 0.25) is 15.9 Å². The normalized spacial score (nSPS) is 20.4. The standard InChI is InChI=1S/C26H31N3O4S/c1-33-23-12-10-20(11-13-23)24-8-3-2-6-16-29(24)26(30)21-14-17-28(18-15-21)34(31,32)25-9-5-4-7-22(25)19-27/h4-5,7,9-13,21,24H,2-3,6,8,14-18H2,1H3. The monoisotopic (exact) mass is 481 g/mol. The Hall–Kier alpha value is -2.89. The van der Waals surface area contributed by atoms with Crippen molar-refractivity contribution in [2.45, 2.75) is 49.5 Å². The van der Waals surface area contributed by atoms with Gasteiger partial charge in [-0.15, -0.1) is 0 Å². The molecule has 4 rings (SSSR count). The number of likely N-dealkylation sites (tertiary alicyclic amines) is 1. The summed E-state index contributed by atoms with van der Waals surface area (Å²) >= 11 is 0. The SMILES string of the molecule is COc1ccc(C2CCCCCN2C(=O)C2CCN(S(=O)(=O)c3ccccc3C#N)CC2)cc1. The molecule has 1 unspecified atom stereocenters. The van der Waals surface area contributed by atoms with Gasteiger partial charge in [-0.2, -0.15) is 9.57 Å². The van der Waals surface area contributed by atoms with E-state index in [0.717, 1.165) is 43.5 Å². The molecular formula is C26H31N3O4S. The van der Waals surface area contributed by atoms with Gasteiger partial charge in [-0.3, -0.25) is 4.79 Å². The van der Waals surface area contributed by atoms with Crippen LogP contribution < -0.4 is 4.74 Å².